The van der Waals surface area contributed by atoms with Crippen LogP contribution in [0.15, 0.2) is 48.3 Å². The summed E-state index contributed by atoms with van der Waals surface area (Å²) in [5.41, 5.74) is 3.13. The minimum absolute atomic E-state index is 0.0868. The van der Waals surface area contributed by atoms with Crippen LogP contribution in [0.5, 0.6) is 11.6 Å². The Kier molecular flexibility index (Phi) is 4.60. The highest BCUT2D eigenvalue weighted by atomic mass is 35.5. The number of ether oxygens (including phenoxy) is 1. The van der Waals surface area contributed by atoms with E-state index >= 15 is 0 Å². The molecule has 1 aliphatic carbocycles. The molecular formula is C22H17ClN6O2. The van der Waals surface area contributed by atoms with E-state index in [-0.39, 0.29) is 12.3 Å². The van der Waals surface area contributed by atoms with Gasteiger partial charge in [-0.15, -0.1) is 0 Å². The molecule has 2 aromatic heterocycles. The van der Waals surface area contributed by atoms with Crippen LogP contribution < -0.4 is 15.4 Å². The van der Waals surface area contributed by atoms with Gasteiger partial charge in [-0.05, 0) is 42.7 Å². The fourth-order valence-electron chi connectivity index (χ4n) is 3.32. The van der Waals surface area contributed by atoms with Gasteiger partial charge in [0.25, 0.3) is 0 Å². The smallest absolute Gasteiger partial charge is 0.228 e. The Bertz CT molecular complexity index is 1320. The lowest BCUT2D eigenvalue weighted by Gasteiger charge is -2.12. The lowest BCUT2D eigenvalue weighted by atomic mass is 10.1. The van der Waals surface area contributed by atoms with Gasteiger partial charge in [0.1, 0.15) is 11.6 Å². The average molecular weight is 433 g/mol. The van der Waals surface area contributed by atoms with Gasteiger partial charge >= 0.3 is 0 Å². The zero-order chi connectivity index (χ0) is 21.5. The normalized spacial score (nSPS) is 17.1. The minimum Gasteiger partial charge on any atom is -0.437 e. The topological polar surface area (TPSA) is 104 Å². The third-order valence-electron chi connectivity index (χ3n) is 5.04. The van der Waals surface area contributed by atoms with Gasteiger partial charge in [0.2, 0.25) is 11.8 Å². The lowest BCUT2D eigenvalue weighted by Crippen LogP contribution is -2.10. The summed E-state index contributed by atoms with van der Waals surface area (Å²) in [4.78, 5) is 16.3. The van der Waals surface area contributed by atoms with E-state index in [4.69, 9.17) is 21.6 Å². The van der Waals surface area contributed by atoms with Crippen molar-refractivity contribution >= 4 is 35.0 Å². The Morgan fingerprint density at radius 3 is 2.90 bits per heavy atom. The zero-order valence-corrected chi connectivity index (χ0v) is 17.1. The molecule has 0 radical (unpaired) electrons. The molecule has 0 bridgehead atoms. The van der Waals surface area contributed by atoms with Crippen LogP contribution in [0.3, 0.4) is 0 Å². The fraction of sp³-hybridized carbons (Fsp3) is 0.182. The van der Waals surface area contributed by atoms with E-state index in [0.29, 0.717) is 39.6 Å². The van der Waals surface area contributed by atoms with Crippen molar-refractivity contribution in [2.75, 3.05) is 5.32 Å². The number of amides is 1. The van der Waals surface area contributed by atoms with Gasteiger partial charge in [0.15, 0.2) is 5.65 Å². The molecule has 2 aliphatic rings. The van der Waals surface area contributed by atoms with Crippen LogP contribution in [0.4, 0.5) is 5.82 Å². The number of rotatable bonds is 5. The molecule has 0 unspecified atom stereocenters. The first kappa shape index (κ1) is 19.2. The average Bonchev–Trinajstić information content (AvgIpc) is 3.38. The number of aromatic nitrogens is 3. The quantitative estimate of drug-likeness (QED) is 0.630. The monoisotopic (exact) mass is 432 g/mol. The van der Waals surface area contributed by atoms with Crippen molar-refractivity contribution in [3.63, 3.8) is 0 Å². The summed E-state index contributed by atoms with van der Waals surface area (Å²) in [7, 11) is 0. The lowest BCUT2D eigenvalue weighted by molar-refractivity contribution is -0.118. The SMILES string of the molecule is C=C1NC(=O)C/C1=C\c1cnn2c(NC3CC3)cc(Oc3ccc(C#N)cc3Cl)nc12. The van der Waals surface area contributed by atoms with Crippen LogP contribution >= 0.6 is 11.6 Å². The van der Waals surface area contributed by atoms with E-state index in [9.17, 15) is 4.79 Å². The number of fused-ring (bicyclic) bond motifs is 1. The maximum absolute atomic E-state index is 11.7. The molecule has 8 nitrogen and oxygen atoms in total. The van der Waals surface area contributed by atoms with Crippen molar-refractivity contribution in [2.24, 2.45) is 0 Å². The summed E-state index contributed by atoms with van der Waals surface area (Å²) >= 11 is 6.27. The molecule has 31 heavy (non-hydrogen) atoms. The molecule has 9 heteroatoms. The highest BCUT2D eigenvalue weighted by Crippen LogP contribution is 2.33. The minimum atomic E-state index is -0.0868. The number of anilines is 1. The second-order valence-electron chi connectivity index (χ2n) is 7.47. The second kappa shape index (κ2) is 7.45. The highest BCUT2D eigenvalue weighted by Gasteiger charge is 2.24. The molecule has 1 saturated carbocycles. The van der Waals surface area contributed by atoms with Crippen molar-refractivity contribution in [1.29, 1.82) is 5.26 Å². The first-order valence-electron chi connectivity index (χ1n) is 9.72. The van der Waals surface area contributed by atoms with Crippen molar-refractivity contribution in [1.82, 2.24) is 19.9 Å². The molecule has 1 saturated heterocycles. The first-order chi connectivity index (χ1) is 15.0. The van der Waals surface area contributed by atoms with Crippen molar-refractivity contribution in [3.8, 4) is 17.7 Å². The second-order valence-corrected chi connectivity index (χ2v) is 7.87. The summed E-state index contributed by atoms with van der Waals surface area (Å²) in [5, 5.41) is 20.0. The van der Waals surface area contributed by atoms with Crippen LogP contribution in [0.25, 0.3) is 11.7 Å². The number of benzene rings is 1. The molecular weight excluding hydrogens is 416 g/mol. The number of halogens is 1. The van der Waals surface area contributed by atoms with Gasteiger partial charge in [0.05, 0.1) is 29.3 Å². The summed E-state index contributed by atoms with van der Waals surface area (Å²) in [6, 6.07) is 9.02. The van der Waals surface area contributed by atoms with E-state index in [1.54, 1.807) is 35.0 Å². The number of carbonyl (C=O) groups excluding carboxylic acids is 1. The first-order valence-corrected chi connectivity index (χ1v) is 10.1. The van der Waals surface area contributed by atoms with Crippen LogP contribution in [-0.2, 0) is 4.79 Å². The van der Waals surface area contributed by atoms with Gasteiger partial charge in [-0.25, -0.2) is 0 Å². The summed E-state index contributed by atoms with van der Waals surface area (Å²) < 4.78 is 7.67. The fourth-order valence-corrected chi connectivity index (χ4v) is 3.53. The van der Waals surface area contributed by atoms with Crippen LogP contribution in [0, 0.1) is 11.3 Å². The largest absolute Gasteiger partial charge is 0.437 e. The number of nitrogens with one attached hydrogen (secondary N) is 2. The van der Waals surface area contributed by atoms with Crippen molar-refractivity contribution in [2.45, 2.75) is 25.3 Å². The number of nitriles is 1. The highest BCUT2D eigenvalue weighted by molar-refractivity contribution is 6.32. The molecule has 154 valence electrons. The predicted octanol–water partition coefficient (Wildman–Crippen LogP) is 4.04. The number of hydrogen-bond acceptors (Lipinski definition) is 6. The maximum Gasteiger partial charge on any atom is 0.228 e. The standard InChI is InChI=1S/C22H17ClN6O2/c1-12-14(8-20(30)26-12)7-15-11-25-29-19(27-16-3-4-16)9-21(28-22(15)29)31-18-5-2-13(10-24)6-17(18)23/h2,5-7,9,11,16,27H,1,3-4,8H2,(H,26,30)/b14-7+. The van der Waals surface area contributed by atoms with E-state index in [0.717, 1.165) is 29.8 Å². The third kappa shape index (κ3) is 3.83. The van der Waals surface area contributed by atoms with Gasteiger partial charge < -0.3 is 15.4 Å². The molecule has 3 heterocycles. The zero-order valence-electron chi connectivity index (χ0n) is 16.4. The van der Waals surface area contributed by atoms with Gasteiger partial charge in [-0.3, -0.25) is 4.79 Å². The molecule has 1 amide bonds. The molecule has 0 spiro atoms. The molecule has 1 aromatic carbocycles. The van der Waals surface area contributed by atoms with Gasteiger partial charge in [-0.1, -0.05) is 18.2 Å². The van der Waals surface area contributed by atoms with Crippen LogP contribution in [0.1, 0.15) is 30.4 Å². The number of hydrogen-bond donors (Lipinski definition) is 2. The number of allylic oxidation sites excluding steroid dienone is 1. The summed E-state index contributed by atoms with van der Waals surface area (Å²) in [6.45, 7) is 3.89. The Morgan fingerprint density at radius 2 is 2.23 bits per heavy atom. The van der Waals surface area contributed by atoms with Crippen LogP contribution in [-0.4, -0.2) is 26.5 Å². The Morgan fingerprint density at radius 1 is 1.39 bits per heavy atom. The van der Waals surface area contributed by atoms with E-state index < -0.39 is 0 Å². The molecule has 2 N–H and O–H groups in total. The predicted molar refractivity (Wildman–Crippen MR) is 116 cm³/mol. The Balaban J connectivity index is 1.57. The molecule has 5 rings (SSSR count). The Labute approximate surface area is 182 Å². The van der Waals surface area contributed by atoms with Gasteiger partial charge in [0, 0.05) is 23.4 Å². The van der Waals surface area contributed by atoms with Crippen LogP contribution in [0.2, 0.25) is 5.02 Å². The Hall–Kier alpha value is -3.83. The summed E-state index contributed by atoms with van der Waals surface area (Å²) in [5.74, 6) is 1.39. The van der Waals surface area contributed by atoms with E-state index in [1.165, 1.54) is 0 Å². The molecule has 1 aliphatic heterocycles. The number of nitrogens with zero attached hydrogens (tertiary/aromatic N) is 4. The molecule has 2 fully saturated rings. The summed E-state index contributed by atoms with van der Waals surface area (Å²) in [6.07, 6.45) is 6.00. The van der Waals surface area contributed by atoms with Crippen molar-refractivity contribution in [3.05, 3.63) is 64.5 Å². The molecule has 3 aromatic rings. The van der Waals surface area contributed by atoms with Crippen molar-refractivity contribution < 1.29 is 9.53 Å². The maximum atomic E-state index is 11.7. The third-order valence-corrected chi connectivity index (χ3v) is 5.33. The van der Waals surface area contributed by atoms with Gasteiger partial charge in [-0.2, -0.15) is 19.9 Å². The molecule has 0 atom stereocenters. The van der Waals surface area contributed by atoms with E-state index in [2.05, 4.69) is 27.3 Å². The number of carbonyl (C=O) groups is 1. The van der Waals surface area contributed by atoms with E-state index in [1.807, 2.05) is 12.1 Å².